The number of nitrogens with zero attached hydrogens (tertiary/aromatic N) is 1. The topological polar surface area (TPSA) is 49.4 Å². The highest BCUT2D eigenvalue weighted by Crippen LogP contribution is 2.53. The predicted molar refractivity (Wildman–Crippen MR) is 89.3 cm³/mol. The lowest BCUT2D eigenvalue weighted by atomic mass is 9.89. The van der Waals surface area contributed by atoms with Crippen molar-refractivity contribution in [2.75, 3.05) is 32.9 Å². The van der Waals surface area contributed by atoms with Gasteiger partial charge in [-0.05, 0) is 33.5 Å². The minimum Gasteiger partial charge on any atom is -0.309 e. The third kappa shape index (κ3) is 9.89. The summed E-state index contributed by atoms with van der Waals surface area (Å²) < 4.78 is 180. The van der Waals surface area contributed by atoms with E-state index in [0.29, 0.717) is 6.54 Å². The first-order valence-corrected chi connectivity index (χ1v) is 10.5. The van der Waals surface area contributed by atoms with Gasteiger partial charge in [0.25, 0.3) is 5.92 Å². The van der Waals surface area contributed by atoms with Crippen molar-refractivity contribution in [3.63, 3.8) is 0 Å². The summed E-state index contributed by atoms with van der Waals surface area (Å²) in [7, 11) is -1.13. The van der Waals surface area contributed by atoms with Gasteiger partial charge in [0, 0.05) is 13.0 Å². The molecular weight excluding hydrogens is 500 g/mol. The maximum Gasteiger partial charge on any atom is 0.431 e. The molecule has 0 bridgehead atoms. The Labute approximate surface area is 176 Å². The zero-order valence-electron chi connectivity index (χ0n) is 16.7. The maximum absolute atomic E-state index is 13.8. The van der Waals surface area contributed by atoms with Gasteiger partial charge < -0.3 is 4.90 Å². The molecule has 0 saturated heterocycles. The minimum atomic E-state index is -6.87. The smallest absolute Gasteiger partial charge is 0.309 e. The number of hydrogen-bond acceptors (Lipinski definition) is 3. The molecule has 0 amide bonds. The van der Waals surface area contributed by atoms with Crippen molar-refractivity contribution in [2.45, 2.75) is 55.8 Å². The van der Waals surface area contributed by atoms with Crippen LogP contribution in [0, 0.1) is 5.92 Å². The molecule has 0 aromatic heterocycles. The Morgan fingerprint density at radius 1 is 0.844 bits per heavy atom. The highest BCUT2D eigenvalue weighted by atomic mass is 32.2. The van der Waals surface area contributed by atoms with E-state index in [1.165, 1.54) is 0 Å². The second-order valence-corrected chi connectivity index (χ2v) is 9.36. The number of nitrogens with one attached hydrogen (secondary N) is 1. The minimum absolute atomic E-state index is 0.213. The average Bonchev–Trinajstić information content (AvgIpc) is 2.52. The second-order valence-electron chi connectivity index (χ2n) is 7.43. The van der Waals surface area contributed by atoms with E-state index in [0.717, 1.165) is 0 Å². The fourth-order valence-corrected chi connectivity index (χ4v) is 3.72. The number of hydrogen-bond donors (Lipinski definition) is 1. The van der Waals surface area contributed by atoms with Gasteiger partial charge in [-0.15, -0.1) is 0 Å². The fraction of sp³-hybridized carbons (Fsp3) is 1.00. The number of alkyl halides is 12. The van der Waals surface area contributed by atoms with E-state index in [-0.39, 0.29) is 13.0 Å². The van der Waals surface area contributed by atoms with Gasteiger partial charge in [0.15, 0.2) is 0 Å². The number of sulfonamides is 1. The van der Waals surface area contributed by atoms with Crippen molar-refractivity contribution >= 4 is 10.0 Å². The van der Waals surface area contributed by atoms with E-state index in [1.807, 2.05) is 4.72 Å². The molecule has 1 atom stereocenters. The van der Waals surface area contributed by atoms with Crippen molar-refractivity contribution in [3.05, 3.63) is 0 Å². The Morgan fingerprint density at radius 3 is 1.69 bits per heavy atom. The van der Waals surface area contributed by atoms with Crippen molar-refractivity contribution in [1.82, 2.24) is 9.62 Å². The van der Waals surface area contributed by atoms with Crippen LogP contribution in [0.1, 0.15) is 25.7 Å². The van der Waals surface area contributed by atoms with E-state index in [9.17, 15) is 61.1 Å². The molecule has 0 aliphatic rings. The first-order valence-electron chi connectivity index (χ1n) is 8.82. The molecule has 0 radical (unpaired) electrons. The van der Waals surface area contributed by atoms with E-state index >= 15 is 0 Å². The molecule has 0 spiro atoms. The van der Waals surface area contributed by atoms with Crippen molar-refractivity contribution in [1.29, 1.82) is 0 Å². The first kappa shape index (κ1) is 31.0. The third-order valence-corrected chi connectivity index (χ3v) is 5.67. The van der Waals surface area contributed by atoms with Crippen LogP contribution in [-0.2, 0) is 10.0 Å². The van der Waals surface area contributed by atoms with Crippen LogP contribution in [0.4, 0.5) is 52.7 Å². The SMILES string of the molecule is CN(C)CCCNS(=O)(=O)CCC(CC(F)(F)CC(F)(C(F)(F)F)C(F)(F)F)C(F)(F)F. The van der Waals surface area contributed by atoms with E-state index in [4.69, 9.17) is 0 Å². The Bertz CT molecular complexity index is 672. The van der Waals surface area contributed by atoms with Crippen LogP contribution in [0.5, 0.6) is 0 Å². The Hall–Kier alpha value is -0.970. The highest BCUT2D eigenvalue weighted by molar-refractivity contribution is 7.89. The van der Waals surface area contributed by atoms with Crippen molar-refractivity contribution in [3.8, 4) is 0 Å². The molecule has 0 heterocycles. The molecule has 0 rings (SSSR count). The zero-order valence-corrected chi connectivity index (χ0v) is 17.6. The van der Waals surface area contributed by atoms with Crippen LogP contribution in [0.3, 0.4) is 0 Å². The van der Waals surface area contributed by atoms with Gasteiger partial charge in [0.2, 0.25) is 10.0 Å². The monoisotopic (exact) mass is 522 g/mol. The normalized spacial score (nSPS) is 16.0. The molecule has 0 aliphatic heterocycles. The average molecular weight is 522 g/mol. The summed E-state index contributed by atoms with van der Waals surface area (Å²) >= 11 is 0. The molecular formula is C15H22F12N2O2S. The Balaban J connectivity index is 5.40. The molecule has 194 valence electrons. The lowest BCUT2D eigenvalue weighted by Crippen LogP contribution is -2.56. The quantitative estimate of drug-likeness (QED) is 0.299. The highest BCUT2D eigenvalue weighted by Gasteiger charge is 2.75. The van der Waals surface area contributed by atoms with Gasteiger partial charge in [-0.3, -0.25) is 0 Å². The van der Waals surface area contributed by atoms with E-state index < -0.39 is 71.1 Å². The lowest BCUT2D eigenvalue weighted by Gasteiger charge is -2.34. The van der Waals surface area contributed by atoms with E-state index in [2.05, 4.69) is 0 Å². The molecule has 1 unspecified atom stereocenters. The summed E-state index contributed by atoms with van der Waals surface area (Å²) in [5, 5.41) is 0. The largest absolute Gasteiger partial charge is 0.431 e. The zero-order chi connectivity index (χ0) is 25.8. The van der Waals surface area contributed by atoms with Crippen molar-refractivity contribution < 1.29 is 61.1 Å². The van der Waals surface area contributed by atoms with Crippen LogP contribution < -0.4 is 4.72 Å². The lowest BCUT2D eigenvalue weighted by molar-refractivity contribution is -0.355. The van der Waals surface area contributed by atoms with Crippen LogP contribution in [-0.4, -0.2) is 76.4 Å². The van der Waals surface area contributed by atoms with Crippen molar-refractivity contribution in [2.24, 2.45) is 5.92 Å². The molecule has 32 heavy (non-hydrogen) atoms. The Kier molecular flexibility index (Phi) is 10.2. The van der Waals surface area contributed by atoms with Gasteiger partial charge >= 0.3 is 24.2 Å². The summed E-state index contributed by atoms with van der Waals surface area (Å²) in [4.78, 5) is 1.66. The molecule has 0 saturated carbocycles. The molecule has 0 aliphatic carbocycles. The van der Waals surface area contributed by atoms with Gasteiger partial charge in [0.05, 0.1) is 18.1 Å². The molecule has 0 aromatic carbocycles. The van der Waals surface area contributed by atoms with Gasteiger partial charge in [-0.2, -0.15) is 39.5 Å². The summed E-state index contributed by atoms with van der Waals surface area (Å²) in [6, 6.07) is 0. The summed E-state index contributed by atoms with van der Waals surface area (Å²) in [6.07, 6.45) is -27.0. The van der Waals surface area contributed by atoms with Gasteiger partial charge in [-0.25, -0.2) is 26.3 Å². The summed E-state index contributed by atoms with van der Waals surface area (Å²) in [5.74, 6) is -10.1. The molecule has 4 nitrogen and oxygen atoms in total. The molecule has 0 aromatic rings. The first-order chi connectivity index (χ1) is 13.9. The van der Waals surface area contributed by atoms with Crippen LogP contribution in [0.25, 0.3) is 0 Å². The van der Waals surface area contributed by atoms with Gasteiger partial charge in [0.1, 0.15) is 0 Å². The Morgan fingerprint density at radius 2 is 1.31 bits per heavy atom. The van der Waals surface area contributed by atoms with Crippen LogP contribution >= 0.6 is 0 Å². The molecule has 17 heteroatoms. The fourth-order valence-electron chi connectivity index (χ4n) is 2.52. The molecule has 1 N–H and O–H groups in total. The number of halogens is 12. The van der Waals surface area contributed by atoms with Crippen LogP contribution in [0.15, 0.2) is 0 Å². The predicted octanol–water partition coefficient (Wildman–Crippen LogP) is 4.67. The maximum atomic E-state index is 13.8. The summed E-state index contributed by atoms with van der Waals surface area (Å²) in [6.45, 7) is 0.179. The van der Waals surface area contributed by atoms with E-state index in [1.54, 1.807) is 19.0 Å². The van der Waals surface area contributed by atoms with Crippen LogP contribution in [0.2, 0.25) is 0 Å². The van der Waals surface area contributed by atoms with Gasteiger partial charge in [-0.1, -0.05) is 0 Å². The standard InChI is InChI=1S/C15H22F12N2O2S/c1-29(2)6-3-5-28-32(30,31)7-4-10(13(19,20)21)8-11(16,17)9-12(18,14(22,23)24)15(25,26)27/h10,28H,3-9H2,1-2H3. The third-order valence-electron chi connectivity index (χ3n) is 4.25. The molecule has 0 fully saturated rings. The number of rotatable bonds is 12. The summed E-state index contributed by atoms with van der Waals surface area (Å²) in [5.41, 5.74) is -6.46. The second kappa shape index (κ2) is 10.5.